The summed E-state index contributed by atoms with van der Waals surface area (Å²) in [5, 5.41) is 10.4. The van der Waals surface area contributed by atoms with Crippen LogP contribution >= 0.6 is 15.9 Å². The van der Waals surface area contributed by atoms with Crippen molar-refractivity contribution in [3.63, 3.8) is 0 Å². The Kier molecular flexibility index (Phi) is 2.65. The molecular formula is C7H5BrNO3. The molecule has 63 valence electrons. The van der Waals surface area contributed by atoms with Gasteiger partial charge in [-0.25, -0.2) is 0 Å². The van der Waals surface area contributed by atoms with Crippen molar-refractivity contribution in [3.8, 4) is 5.75 Å². The van der Waals surface area contributed by atoms with E-state index in [0.717, 1.165) is 0 Å². The van der Waals surface area contributed by atoms with Crippen LogP contribution < -0.4 is 4.74 Å². The molecule has 0 aliphatic heterocycles. The van der Waals surface area contributed by atoms with E-state index >= 15 is 0 Å². The van der Waals surface area contributed by atoms with Crippen LogP contribution in [0.4, 0.5) is 5.69 Å². The normalized spacial score (nSPS) is 9.50. The lowest BCUT2D eigenvalue weighted by atomic mass is 10.3. The first-order valence-electron chi connectivity index (χ1n) is 3.04. The predicted octanol–water partition coefficient (Wildman–Crippen LogP) is 2.17. The Labute approximate surface area is 77.4 Å². The molecule has 1 rings (SSSR count). The van der Waals surface area contributed by atoms with Gasteiger partial charge in [-0.1, -0.05) is 15.9 Å². The van der Waals surface area contributed by atoms with Gasteiger partial charge in [-0.2, -0.15) is 0 Å². The second-order valence-electron chi connectivity index (χ2n) is 1.99. The Balaban J connectivity index is 3.20. The summed E-state index contributed by atoms with van der Waals surface area (Å²) in [6.45, 7) is 0. The number of nitrogens with zero attached hydrogens (tertiary/aromatic N) is 1. The van der Waals surface area contributed by atoms with Gasteiger partial charge < -0.3 is 4.74 Å². The van der Waals surface area contributed by atoms with Gasteiger partial charge in [0.2, 0.25) is 0 Å². The number of benzene rings is 1. The highest BCUT2D eigenvalue weighted by Gasteiger charge is 2.13. The summed E-state index contributed by atoms with van der Waals surface area (Å²) in [6.07, 6.45) is 0. The van der Waals surface area contributed by atoms with Gasteiger partial charge in [0, 0.05) is 22.7 Å². The molecule has 1 aromatic rings. The van der Waals surface area contributed by atoms with Gasteiger partial charge in [0.15, 0.2) is 5.75 Å². The van der Waals surface area contributed by atoms with Crippen molar-refractivity contribution in [2.45, 2.75) is 0 Å². The van der Waals surface area contributed by atoms with Crippen molar-refractivity contribution >= 4 is 21.6 Å². The van der Waals surface area contributed by atoms with Gasteiger partial charge in [-0.3, -0.25) is 10.1 Å². The first-order valence-corrected chi connectivity index (χ1v) is 3.84. The van der Waals surface area contributed by atoms with Gasteiger partial charge >= 0.3 is 5.69 Å². The number of nitro groups is 1. The molecule has 1 aromatic carbocycles. The lowest BCUT2D eigenvalue weighted by Crippen LogP contribution is -1.92. The zero-order valence-corrected chi connectivity index (χ0v) is 7.79. The predicted molar refractivity (Wildman–Crippen MR) is 46.2 cm³/mol. The summed E-state index contributed by atoms with van der Waals surface area (Å²) >= 11 is 3.13. The van der Waals surface area contributed by atoms with E-state index in [4.69, 9.17) is 4.74 Å². The minimum atomic E-state index is -0.512. The average Bonchev–Trinajstić information content (AvgIpc) is 2.03. The lowest BCUT2D eigenvalue weighted by molar-refractivity contribution is -0.385. The molecule has 0 N–H and O–H groups in total. The van der Waals surface area contributed by atoms with Crippen LogP contribution in [0.1, 0.15) is 0 Å². The minimum absolute atomic E-state index is 0.0827. The third kappa shape index (κ3) is 1.73. The second-order valence-corrected chi connectivity index (χ2v) is 2.85. The summed E-state index contributed by atoms with van der Waals surface area (Å²) in [6, 6.07) is 5.42. The van der Waals surface area contributed by atoms with Gasteiger partial charge in [0.1, 0.15) is 0 Å². The fraction of sp³-hybridized carbons (Fsp3) is 0.143. The first kappa shape index (κ1) is 8.99. The molecule has 0 fully saturated rings. The van der Waals surface area contributed by atoms with Crippen molar-refractivity contribution in [1.82, 2.24) is 0 Å². The smallest absolute Gasteiger partial charge is 0.311 e. The Morgan fingerprint density at radius 2 is 2.42 bits per heavy atom. The van der Waals surface area contributed by atoms with Crippen LogP contribution in [0.25, 0.3) is 0 Å². The van der Waals surface area contributed by atoms with Crippen LogP contribution in [0.5, 0.6) is 5.75 Å². The van der Waals surface area contributed by atoms with Gasteiger partial charge in [-0.15, -0.1) is 0 Å². The molecule has 0 atom stereocenters. The monoisotopic (exact) mass is 230 g/mol. The van der Waals surface area contributed by atoms with Crippen LogP contribution in [0.15, 0.2) is 16.6 Å². The van der Waals surface area contributed by atoms with Crippen LogP contribution in [-0.4, -0.2) is 12.0 Å². The summed E-state index contributed by atoms with van der Waals surface area (Å²) in [5.41, 5.74) is -0.0827. The summed E-state index contributed by atoms with van der Waals surface area (Å²) < 4.78 is 5.43. The fourth-order valence-corrected chi connectivity index (χ4v) is 1.07. The summed E-state index contributed by atoms with van der Waals surface area (Å²) in [7, 11) is 1.38. The largest absolute Gasteiger partial charge is 0.490 e. The minimum Gasteiger partial charge on any atom is -0.490 e. The van der Waals surface area contributed by atoms with E-state index < -0.39 is 4.92 Å². The molecule has 0 saturated carbocycles. The van der Waals surface area contributed by atoms with Crippen molar-refractivity contribution in [3.05, 3.63) is 32.8 Å². The van der Waals surface area contributed by atoms with Gasteiger partial charge in [0.25, 0.3) is 0 Å². The third-order valence-corrected chi connectivity index (χ3v) is 1.73. The molecule has 12 heavy (non-hydrogen) atoms. The Bertz CT molecular complexity index is 314. The molecular weight excluding hydrogens is 226 g/mol. The molecule has 1 radical (unpaired) electrons. The standard InChI is InChI=1S/C7H5BrNO3/c1-12-7-4-5(8)2-3-6(7)9(10)11/h3-4H,1H3. The van der Waals surface area contributed by atoms with E-state index in [1.165, 1.54) is 19.2 Å². The van der Waals surface area contributed by atoms with Crippen LogP contribution in [-0.2, 0) is 0 Å². The van der Waals surface area contributed by atoms with Crippen molar-refractivity contribution in [1.29, 1.82) is 0 Å². The highest BCUT2D eigenvalue weighted by Crippen LogP contribution is 2.28. The Morgan fingerprint density at radius 1 is 1.75 bits per heavy atom. The molecule has 0 unspecified atom stereocenters. The van der Waals surface area contributed by atoms with E-state index in [9.17, 15) is 10.1 Å². The number of hydrogen-bond acceptors (Lipinski definition) is 3. The van der Waals surface area contributed by atoms with Crippen molar-refractivity contribution in [2.24, 2.45) is 0 Å². The van der Waals surface area contributed by atoms with Gasteiger partial charge in [0.05, 0.1) is 12.0 Å². The number of rotatable bonds is 2. The molecule has 0 heterocycles. The molecule has 0 amide bonds. The zero-order chi connectivity index (χ0) is 9.14. The Morgan fingerprint density at radius 3 is 2.92 bits per heavy atom. The molecule has 0 aliphatic carbocycles. The molecule has 5 heteroatoms. The molecule has 0 saturated heterocycles. The maximum absolute atomic E-state index is 10.4. The second kappa shape index (κ2) is 3.53. The third-order valence-electron chi connectivity index (χ3n) is 1.27. The molecule has 0 spiro atoms. The number of hydrogen-bond donors (Lipinski definition) is 0. The number of halogens is 1. The van der Waals surface area contributed by atoms with Crippen LogP contribution in [0.3, 0.4) is 0 Å². The average molecular weight is 231 g/mol. The van der Waals surface area contributed by atoms with Crippen LogP contribution in [0, 0.1) is 16.2 Å². The van der Waals surface area contributed by atoms with Gasteiger partial charge in [-0.05, 0) is 0 Å². The van der Waals surface area contributed by atoms with Crippen molar-refractivity contribution < 1.29 is 9.66 Å². The maximum Gasteiger partial charge on any atom is 0.311 e. The number of ether oxygens (including phenoxy) is 1. The van der Waals surface area contributed by atoms with E-state index in [1.807, 2.05) is 0 Å². The number of nitro benzene ring substituents is 1. The highest BCUT2D eigenvalue weighted by molar-refractivity contribution is 9.10. The van der Waals surface area contributed by atoms with Crippen LogP contribution in [0.2, 0.25) is 0 Å². The SMILES string of the molecule is COc1cc(Br)[c]cc1[N+](=O)[O-]. The Hall–Kier alpha value is -1.10. The summed E-state index contributed by atoms with van der Waals surface area (Å²) in [5.74, 6) is 0.227. The molecule has 4 nitrogen and oxygen atoms in total. The van der Waals surface area contributed by atoms with E-state index in [1.54, 1.807) is 0 Å². The number of methoxy groups -OCH3 is 1. The molecule has 0 aliphatic rings. The van der Waals surface area contributed by atoms with E-state index in [2.05, 4.69) is 22.0 Å². The zero-order valence-electron chi connectivity index (χ0n) is 6.20. The summed E-state index contributed by atoms with van der Waals surface area (Å²) in [4.78, 5) is 9.87. The van der Waals surface area contributed by atoms with E-state index in [-0.39, 0.29) is 11.4 Å². The first-order chi connectivity index (χ1) is 5.65. The molecule has 0 aromatic heterocycles. The fourth-order valence-electron chi connectivity index (χ4n) is 0.745. The molecule has 0 bridgehead atoms. The van der Waals surface area contributed by atoms with E-state index in [0.29, 0.717) is 4.47 Å². The highest BCUT2D eigenvalue weighted by atomic mass is 79.9. The lowest BCUT2D eigenvalue weighted by Gasteiger charge is -2.00. The maximum atomic E-state index is 10.4. The topological polar surface area (TPSA) is 52.4 Å². The quantitative estimate of drug-likeness (QED) is 0.578. The van der Waals surface area contributed by atoms with Crippen molar-refractivity contribution in [2.75, 3.05) is 7.11 Å².